The molecular formula is C12H7NO. The highest BCUT2D eigenvalue weighted by atomic mass is 16.1. The highest BCUT2D eigenvalue weighted by molar-refractivity contribution is 6.11. The molecule has 1 aromatic rings. The summed E-state index contributed by atoms with van der Waals surface area (Å²) in [5.41, 5.74) is 3.83. The van der Waals surface area contributed by atoms with Gasteiger partial charge >= 0.3 is 0 Å². The van der Waals surface area contributed by atoms with Gasteiger partial charge in [-0.25, -0.2) is 4.99 Å². The molecule has 66 valence electrons. The highest BCUT2D eigenvalue weighted by Crippen LogP contribution is 2.08. The number of hydrogen-bond acceptors (Lipinski definition) is 2. The lowest BCUT2D eigenvalue weighted by Crippen LogP contribution is -2.00. The van der Waals surface area contributed by atoms with Gasteiger partial charge in [-0.1, -0.05) is 30.3 Å². The van der Waals surface area contributed by atoms with Crippen molar-refractivity contribution in [1.29, 1.82) is 0 Å². The fraction of sp³-hybridized carbons (Fsp3) is 0. The van der Waals surface area contributed by atoms with Crippen LogP contribution in [-0.4, -0.2) is 11.7 Å². The second-order valence-corrected chi connectivity index (χ2v) is 2.79. The molecule has 1 aromatic carbocycles. The predicted octanol–water partition coefficient (Wildman–Crippen LogP) is 2.15. The molecule has 0 saturated carbocycles. The fourth-order valence-corrected chi connectivity index (χ4v) is 1.16. The monoisotopic (exact) mass is 181 g/mol. The molecule has 0 amide bonds. The van der Waals surface area contributed by atoms with E-state index in [0.717, 1.165) is 0 Å². The van der Waals surface area contributed by atoms with E-state index in [0.29, 0.717) is 11.1 Å². The van der Waals surface area contributed by atoms with Crippen LogP contribution in [-0.2, 0) is 0 Å². The number of nitrogens with zero attached hydrogens (tertiary/aromatic N) is 1. The van der Waals surface area contributed by atoms with Crippen LogP contribution in [0.25, 0.3) is 0 Å². The van der Waals surface area contributed by atoms with Gasteiger partial charge in [0.25, 0.3) is 0 Å². The van der Waals surface area contributed by atoms with E-state index in [4.69, 9.17) is 0 Å². The third kappa shape index (κ3) is 1.62. The van der Waals surface area contributed by atoms with E-state index in [9.17, 15) is 4.79 Å². The summed E-state index contributed by atoms with van der Waals surface area (Å²) in [6.45, 7) is 0. The first kappa shape index (κ1) is 8.46. The van der Waals surface area contributed by atoms with Crippen molar-refractivity contribution in [2.75, 3.05) is 0 Å². The smallest absolute Gasteiger partial charge is 0.201 e. The second kappa shape index (κ2) is 3.71. The molecule has 2 nitrogen and oxygen atoms in total. The Balaban J connectivity index is 2.39. The van der Waals surface area contributed by atoms with Crippen LogP contribution in [0.15, 0.2) is 58.9 Å². The van der Waals surface area contributed by atoms with E-state index >= 15 is 0 Å². The summed E-state index contributed by atoms with van der Waals surface area (Å²) >= 11 is 0. The molecule has 1 aliphatic heterocycles. The maximum Gasteiger partial charge on any atom is 0.201 e. The van der Waals surface area contributed by atoms with Gasteiger partial charge in [0.15, 0.2) is 0 Å². The summed E-state index contributed by atoms with van der Waals surface area (Å²) < 4.78 is 0. The molecule has 14 heavy (non-hydrogen) atoms. The normalized spacial score (nSPS) is 12.7. The van der Waals surface area contributed by atoms with E-state index in [1.165, 1.54) is 6.20 Å². The Labute approximate surface area is 81.6 Å². The Hall–Kier alpha value is -2.14. The van der Waals surface area contributed by atoms with Gasteiger partial charge in [0, 0.05) is 17.6 Å². The lowest BCUT2D eigenvalue weighted by molar-refractivity contribution is 0.103. The van der Waals surface area contributed by atoms with Crippen LogP contribution in [0.1, 0.15) is 10.4 Å². The summed E-state index contributed by atoms with van der Waals surface area (Å²) in [6, 6.07) is 9.09. The molecule has 0 N–H and O–H groups in total. The van der Waals surface area contributed by atoms with Gasteiger partial charge in [0.1, 0.15) is 0 Å². The zero-order valence-corrected chi connectivity index (χ0v) is 7.40. The molecule has 2 heteroatoms. The molecule has 0 saturated heterocycles. The van der Waals surface area contributed by atoms with Gasteiger partial charge in [-0.05, 0) is 11.8 Å². The number of ketones is 1. The largest absolute Gasteiger partial charge is 0.288 e. The third-order valence-electron chi connectivity index (χ3n) is 1.85. The number of carbonyl (C=O) groups excluding carboxylic acids is 1. The quantitative estimate of drug-likeness (QED) is 0.507. The Bertz CT molecular complexity index is 484. The van der Waals surface area contributed by atoms with Crippen LogP contribution in [0.2, 0.25) is 0 Å². The Morgan fingerprint density at radius 2 is 2.00 bits per heavy atom. The number of Topliss-reactive ketones (excluding diaryl/α,β-unsaturated/α-hetero) is 1. The molecule has 0 unspecified atom stereocenters. The standard InChI is InChI=1S/C12H7NO/c14-12(10-4-2-1-3-5-10)11-6-8-13-9-7-11/h1-6,8H. The van der Waals surface area contributed by atoms with Crippen molar-refractivity contribution in [2.45, 2.75) is 0 Å². The summed E-state index contributed by atoms with van der Waals surface area (Å²) in [6.07, 6.45) is 3.17. The maximum atomic E-state index is 11.8. The summed E-state index contributed by atoms with van der Waals surface area (Å²) in [7, 11) is 0. The topological polar surface area (TPSA) is 29.4 Å². The van der Waals surface area contributed by atoms with Crippen molar-refractivity contribution in [3.63, 3.8) is 0 Å². The van der Waals surface area contributed by atoms with Crippen molar-refractivity contribution < 1.29 is 4.79 Å². The van der Waals surface area contributed by atoms with E-state index in [1.54, 1.807) is 18.2 Å². The molecule has 0 bridgehead atoms. The van der Waals surface area contributed by atoms with Crippen molar-refractivity contribution in [3.05, 3.63) is 59.5 Å². The summed E-state index contributed by atoms with van der Waals surface area (Å²) in [4.78, 5) is 15.5. The number of aliphatic imine (C=N–C) groups is 1. The molecule has 1 heterocycles. The lowest BCUT2D eigenvalue weighted by Gasteiger charge is -1.98. The van der Waals surface area contributed by atoms with Crippen LogP contribution >= 0.6 is 0 Å². The van der Waals surface area contributed by atoms with Crippen LogP contribution < -0.4 is 0 Å². The molecule has 2 rings (SSSR count). The molecule has 0 fully saturated rings. The van der Waals surface area contributed by atoms with Crippen LogP contribution in [0, 0.1) is 0 Å². The zero-order chi connectivity index (χ0) is 9.80. The number of rotatable bonds is 2. The Morgan fingerprint density at radius 1 is 1.21 bits per heavy atom. The van der Waals surface area contributed by atoms with Crippen molar-refractivity contribution in [2.24, 2.45) is 4.99 Å². The van der Waals surface area contributed by atoms with Gasteiger partial charge < -0.3 is 0 Å². The Morgan fingerprint density at radius 3 is 2.64 bits per heavy atom. The van der Waals surface area contributed by atoms with Crippen molar-refractivity contribution in [3.8, 4) is 0 Å². The zero-order valence-electron chi connectivity index (χ0n) is 7.40. The van der Waals surface area contributed by atoms with Crippen LogP contribution in [0.5, 0.6) is 0 Å². The average Bonchev–Trinajstić information content (AvgIpc) is 2.30. The van der Waals surface area contributed by atoms with Crippen LogP contribution in [0.4, 0.5) is 0 Å². The average molecular weight is 181 g/mol. The first-order valence-corrected chi connectivity index (χ1v) is 4.22. The molecular weight excluding hydrogens is 174 g/mol. The van der Waals surface area contributed by atoms with Crippen LogP contribution in [0.3, 0.4) is 0 Å². The Kier molecular flexibility index (Phi) is 2.24. The molecule has 0 aromatic heterocycles. The maximum absolute atomic E-state index is 11.8. The fourth-order valence-electron chi connectivity index (χ4n) is 1.16. The molecule has 1 aliphatic rings. The predicted molar refractivity (Wildman–Crippen MR) is 54.4 cm³/mol. The molecule has 0 spiro atoms. The van der Waals surface area contributed by atoms with Gasteiger partial charge in [-0.15, -0.1) is 0 Å². The molecule has 0 radical (unpaired) electrons. The summed E-state index contributed by atoms with van der Waals surface area (Å²) in [5, 5.41) is 0. The van der Waals surface area contributed by atoms with Gasteiger partial charge in [-0.2, -0.15) is 0 Å². The van der Waals surface area contributed by atoms with E-state index in [2.05, 4.69) is 16.6 Å². The second-order valence-electron chi connectivity index (χ2n) is 2.79. The van der Waals surface area contributed by atoms with Crippen molar-refractivity contribution in [1.82, 2.24) is 0 Å². The number of carbonyl (C=O) groups is 1. The first-order chi connectivity index (χ1) is 6.88. The first-order valence-electron chi connectivity index (χ1n) is 4.22. The van der Waals surface area contributed by atoms with Crippen molar-refractivity contribution >= 4 is 11.7 Å². The third-order valence-corrected chi connectivity index (χ3v) is 1.85. The van der Waals surface area contributed by atoms with E-state index < -0.39 is 0 Å². The highest BCUT2D eigenvalue weighted by Gasteiger charge is 2.08. The van der Waals surface area contributed by atoms with E-state index in [-0.39, 0.29) is 5.78 Å². The van der Waals surface area contributed by atoms with Gasteiger partial charge in [0.2, 0.25) is 5.78 Å². The SMILES string of the molecule is O=C(C1=C=C=NC=C1)c1ccccc1. The van der Waals surface area contributed by atoms with E-state index in [1.807, 2.05) is 18.2 Å². The molecule has 0 aliphatic carbocycles. The number of benzene rings is 1. The molecule has 0 atom stereocenters. The minimum Gasteiger partial charge on any atom is -0.288 e. The minimum absolute atomic E-state index is 0.0516. The van der Waals surface area contributed by atoms with Gasteiger partial charge in [-0.3, -0.25) is 4.79 Å². The minimum atomic E-state index is -0.0516. The number of hydrogen-bond donors (Lipinski definition) is 0. The van der Waals surface area contributed by atoms with Gasteiger partial charge in [0.05, 0.1) is 5.57 Å². The number of allylic oxidation sites excluding steroid dienone is 2. The summed E-state index contributed by atoms with van der Waals surface area (Å²) in [5.74, 6) is 2.46. The lowest BCUT2D eigenvalue weighted by atomic mass is 10.0.